The third-order valence-electron chi connectivity index (χ3n) is 3.64. The number of halogens is 1. The Bertz CT molecular complexity index is 371. The van der Waals surface area contributed by atoms with Crippen LogP contribution in [0.3, 0.4) is 0 Å². The lowest BCUT2D eigenvalue weighted by molar-refractivity contribution is 0.296. The number of rotatable bonds is 4. The molecule has 1 heterocycles. The van der Waals surface area contributed by atoms with Crippen LogP contribution in [0.15, 0.2) is 18.2 Å². The topological polar surface area (TPSA) is 15.3 Å². The average molecular weight is 267 g/mol. The van der Waals surface area contributed by atoms with Gasteiger partial charge in [0.05, 0.1) is 0 Å². The molecule has 0 bridgehead atoms. The lowest BCUT2D eigenvalue weighted by Gasteiger charge is -2.20. The molecule has 1 aromatic rings. The number of nitrogens with zero attached hydrogens (tertiary/aromatic N) is 1. The molecule has 0 saturated carbocycles. The molecular weight excluding hydrogens is 244 g/mol. The highest BCUT2D eigenvalue weighted by atomic mass is 35.5. The lowest BCUT2D eigenvalue weighted by Crippen LogP contribution is -2.30. The van der Waals surface area contributed by atoms with E-state index in [1.54, 1.807) is 0 Å². The van der Waals surface area contributed by atoms with E-state index >= 15 is 0 Å². The predicted molar refractivity (Wildman–Crippen MR) is 79.6 cm³/mol. The Labute approximate surface area is 115 Å². The van der Waals surface area contributed by atoms with Gasteiger partial charge in [0.2, 0.25) is 0 Å². The van der Waals surface area contributed by atoms with Gasteiger partial charge in [-0.05, 0) is 50.6 Å². The van der Waals surface area contributed by atoms with Crippen LogP contribution in [-0.4, -0.2) is 31.1 Å². The molecule has 0 amide bonds. The van der Waals surface area contributed by atoms with Crippen LogP contribution in [0.5, 0.6) is 0 Å². The van der Waals surface area contributed by atoms with E-state index in [1.165, 1.54) is 44.3 Å². The molecule has 100 valence electrons. The molecule has 3 heteroatoms. The molecule has 0 unspecified atom stereocenters. The first-order chi connectivity index (χ1) is 8.75. The van der Waals surface area contributed by atoms with Gasteiger partial charge in [0, 0.05) is 23.8 Å². The SMILES string of the molecule is Cc1ccc(Cl)cc1NCCN1CCCCCC1. The standard InChI is InChI=1S/C15H23ClN2/c1-13-6-7-14(16)12-15(13)17-8-11-18-9-4-2-3-5-10-18/h6-7,12,17H,2-5,8-11H2,1H3. The first-order valence-electron chi connectivity index (χ1n) is 6.98. The Kier molecular flexibility index (Phi) is 5.33. The molecule has 0 aromatic heterocycles. The fourth-order valence-electron chi connectivity index (χ4n) is 2.49. The monoisotopic (exact) mass is 266 g/mol. The van der Waals surface area contributed by atoms with E-state index in [0.29, 0.717) is 0 Å². The zero-order valence-corrected chi connectivity index (χ0v) is 12.0. The van der Waals surface area contributed by atoms with Gasteiger partial charge in [0.25, 0.3) is 0 Å². The van der Waals surface area contributed by atoms with E-state index in [2.05, 4.69) is 23.2 Å². The highest BCUT2D eigenvalue weighted by molar-refractivity contribution is 6.30. The molecule has 1 aromatic carbocycles. The van der Waals surface area contributed by atoms with Crippen molar-refractivity contribution in [2.45, 2.75) is 32.6 Å². The molecule has 0 aliphatic carbocycles. The molecular formula is C15H23ClN2. The summed E-state index contributed by atoms with van der Waals surface area (Å²) in [4.78, 5) is 2.57. The van der Waals surface area contributed by atoms with Crippen LogP contribution < -0.4 is 5.32 Å². The van der Waals surface area contributed by atoms with Crippen molar-refractivity contribution in [1.29, 1.82) is 0 Å². The van der Waals surface area contributed by atoms with Crippen molar-refractivity contribution in [3.8, 4) is 0 Å². The van der Waals surface area contributed by atoms with Crippen molar-refractivity contribution >= 4 is 17.3 Å². The average Bonchev–Trinajstić information content (AvgIpc) is 2.62. The normalized spacial score (nSPS) is 17.4. The molecule has 1 fully saturated rings. The third kappa shape index (κ3) is 4.18. The Morgan fingerprint density at radius 2 is 1.89 bits per heavy atom. The van der Waals surface area contributed by atoms with Gasteiger partial charge >= 0.3 is 0 Å². The highest BCUT2D eigenvalue weighted by Crippen LogP contribution is 2.19. The molecule has 1 aliphatic heterocycles. The van der Waals surface area contributed by atoms with Crippen LogP contribution in [-0.2, 0) is 0 Å². The zero-order valence-electron chi connectivity index (χ0n) is 11.2. The summed E-state index contributed by atoms with van der Waals surface area (Å²) in [6.45, 7) is 6.77. The van der Waals surface area contributed by atoms with E-state index in [-0.39, 0.29) is 0 Å². The van der Waals surface area contributed by atoms with E-state index in [0.717, 1.165) is 23.8 Å². The first-order valence-corrected chi connectivity index (χ1v) is 7.36. The summed E-state index contributed by atoms with van der Waals surface area (Å²) in [5.41, 5.74) is 2.42. The molecule has 2 rings (SSSR count). The van der Waals surface area contributed by atoms with Gasteiger partial charge in [-0.15, -0.1) is 0 Å². The van der Waals surface area contributed by atoms with Crippen LogP contribution >= 0.6 is 11.6 Å². The van der Waals surface area contributed by atoms with E-state index in [4.69, 9.17) is 11.6 Å². The molecule has 0 spiro atoms. The van der Waals surface area contributed by atoms with Crippen LogP contribution in [0.1, 0.15) is 31.2 Å². The molecule has 1 saturated heterocycles. The minimum absolute atomic E-state index is 0.804. The van der Waals surface area contributed by atoms with Gasteiger partial charge in [-0.3, -0.25) is 0 Å². The van der Waals surface area contributed by atoms with Crippen molar-refractivity contribution in [3.05, 3.63) is 28.8 Å². The number of likely N-dealkylation sites (tertiary alicyclic amines) is 1. The number of benzene rings is 1. The molecule has 1 N–H and O–H groups in total. The predicted octanol–water partition coefficient (Wildman–Crippen LogP) is 3.94. The molecule has 1 aliphatic rings. The number of aryl methyl sites for hydroxylation is 1. The molecule has 2 nitrogen and oxygen atoms in total. The second-order valence-corrected chi connectivity index (χ2v) is 5.58. The van der Waals surface area contributed by atoms with Crippen molar-refractivity contribution in [2.75, 3.05) is 31.5 Å². The Balaban J connectivity index is 1.78. The summed E-state index contributed by atoms with van der Waals surface area (Å²) in [6.07, 6.45) is 5.51. The largest absolute Gasteiger partial charge is 0.384 e. The third-order valence-corrected chi connectivity index (χ3v) is 3.88. The van der Waals surface area contributed by atoms with Crippen LogP contribution in [0.4, 0.5) is 5.69 Å². The maximum Gasteiger partial charge on any atom is 0.0426 e. The smallest absolute Gasteiger partial charge is 0.0426 e. The summed E-state index contributed by atoms with van der Waals surface area (Å²) in [7, 11) is 0. The second-order valence-electron chi connectivity index (χ2n) is 5.14. The van der Waals surface area contributed by atoms with Crippen LogP contribution in [0.2, 0.25) is 5.02 Å². The minimum atomic E-state index is 0.804. The maximum atomic E-state index is 6.02. The Morgan fingerprint density at radius 3 is 2.61 bits per heavy atom. The van der Waals surface area contributed by atoms with Gasteiger partial charge in [-0.25, -0.2) is 0 Å². The lowest BCUT2D eigenvalue weighted by atomic mass is 10.2. The van der Waals surface area contributed by atoms with Crippen molar-refractivity contribution in [1.82, 2.24) is 4.90 Å². The first kappa shape index (κ1) is 13.7. The van der Waals surface area contributed by atoms with Gasteiger partial charge in [-0.2, -0.15) is 0 Å². The zero-order chi connectivity index (χ0) is 12.8. The number of hydrogen-bond acceptors (Lipinski definition) is 2. The van der Waals surface area contributed by atoms with Crippen molar-refractivity contribution in [2.24, 2.45) is 0 Å². The Hall–Kier alpha value is -0.730. The van der Waals surface area contributed by atoms with Crippen molar-refractivity contribution < 1.29 is 0 Å². The van der Waals surface area contributed by atoms with Gasteiger partial charge in [-0.1, -0.05) is 30.5 Å². The summed E-state index contributed by atoms with van der Waals surface area (Å²) in [5, 5.41) is 4.30. The van der Waals surface area contributed by atoms with E-state index < -0.39 is 0 Å². The molecule has 18 heavy (non-hydrogen) atoms. The summed E-state index contributed by atoms with van der Waals surface area (Å²) in [5.74, 6) is 0. The minimum Gasteiger partial charge on any atom is -0.384 e. The fraction of sp³-hybridized carbons (Fsp3) is 0.600. The molecule has 0 radical (unpaired) electrons. The summed E-state index contributed by atoms with van der Waals surface area (Å²) in [6, 6.07) is 6.02. The van der Waals surface area contributed by atoms with Gasteiger partial charge < -0.3 is 10.2 Å². The van der Waals surface area contributed by atoms with E-state index in [9.17, 15) is 0 Å². The molecule has 0 atom stereocenters. The number of hydrogen-bond donors (Lipinski definition) is 1. The van der Waals surface area contributed by atoms with Crippen LogP contribution in [0, 0.1) is 6.92 Å². The maximum absolute atomic E-state index is 6.02. The number of anilines is 1. The second kappa shape index (κ2) is 7.01. The van der Waals surface area contributed by atoms with Gasteiger partial charge in [0.15, 0.2) is 0 Å². The highest BCUT2D eigenvalue weighted by Gasteiger charge is 2.08. The Morgan fingerprint density at radius 1 is 1.17 bits per heavy atom. The fourth-order valence-corrected chi connectivity index (χ4v) is 2.67. The summed E-state index contributed by atoms with van der Waals surface area (Å²) < 4.78 is 0. The summed E-state index contributed by atoms with van der Waals surface area (Å²) >= 11 is 6.02. The quantitative estimate of drug-likeness (QED) is 0.888. The van der Waals surface area contributed by atoms with Crippen LogP contribution in [0.25, 0.3) is 0 Å². The number of nitrogens with one attached hydrogen (secondary N) is 1. The van der Waals surface area contributed by atoms with Gasteiger partial charge in [0.1, 0.15) is 0 Å². The van der Waals surface area contributed by atoms with E-state index in [1.807, 2.05) is 12.1 Å². The van der Waals surface area contributed by atoms with Crippen molar-refractivity contribution in [3.63, 3.8) is 0 Å².